The molecule has 1 heterocycles. The van der Waals surface area contributed by atoms with Gasteiger partial charge in [-0.1, -0.05) is 62.7 Å². The number of rotatable bonds is 12. The van der Waals surface area contributed by atoms with Crippen LogP contribution in [-0.2, 0) is 20.9 Å². The predicted octanol–water partition coefficient (Wildman–Crippen LogP) is 3.42. The molecule has 1 amide bonds. The van der Waals surface area contributed by atoms with Crippen molar-refractivity contribution in [3.8, 4) is 0 Å². The van der Waals surface area contributed by atoms with Crippen LogP contribution in [0, 0.1) is 33.6 Å². The minimum atomic E-state index is -1.75. The van der Waals surface area contributed by atoms with Gasteiger partial charge in [-0.05, 0) is 17.5 Å². The number of hydrogen-bond donors (Lipinski definition) is 3. The lowest BCUT2D eigenvalue weighted by Crippen LogP contribution is -2.62. The number of nitrogens with one attached hydrogen (secondary N) is 2. The highest BCUT2D eigenvalue weighted by molar-refractivity contribution is 5.69. The monoisotopic (exact) mass is 505 g/mol. The molecule has 36 heavy (non-hydrogen) atoms. The molecule has 3 N–H and O–H groups in total. The first kappa shape index (κ1) is 27.2. The molecule has 0 saturated carbocycles. The molecule has 9 nitrogen and oxygen atoms in total. The molecule has 1 saturated heterocycles. The van der Waals surface area contributed by atoms with Gasteiger partial charge in [0.2, 0.25) is 12.5 Å². The Balaban J connectivity index is 2.13. The van der Waals surface area contributed by atoms with Crippen LogP contribution in [0.25, 0.3) is 0 Å². The molecule has 0 aliphatic carbocycles. The molecule has 1 fully saturated rings. The molecule has 0 aromatic heterocycles. The van der Waals surface area contributed by atoms with Crippen LogP contribution < -0.4 is 10.6 Å². The second kappa shape index (κ2) is 11.5. The number of carboxylic acid groups (broad SMARTS) is 1. The summed E-state index contributed by atoms with van der Waals surface area (Å²) in [5.41, 5.74) is -1.30. The smallest absolute Gasteiger partial charge is 0.307 e. The minimum Gasteiger partial charge on any atom is -0.481 e. The van der Waals surface area contributed by atoms with Gasteiger partial charge < -0.3 is 15.2 Å². The maximum Gasteiger partial charge on any atom is 0.307 e. The zero-order valence-corrected chi connectivity index (χ0v) is 19.9. The van der Waals surface area contributed by atoms with Gasteiger partial charge in [0.15, 0.2) is 11.6 Å². The van der Waals surface area contributed by atoms with Crippen LogP contribution in [0.3, 0.4) is 0 Å². The van der Waals surface area contributed by atoms with Crippen molar-refractivity contribution in [2.24, 2.45) is 11.8 Å². The number of nitro groups is 1. The summed E-state index contributed by atoms with van der Waals surface area (Å²) >= 11 is 0. The Labute approximate surface area is 207 Å². The SMILES string of the molecule is CC[C@H](C)[C@H](OCc1cccc(F)c1F)[C@@H]1[C@H]([N+](=O)[O-])[C@H](c2ccccc2)N[C@@]1(CC(=O)O)NC=O. The summed E-state index contributed by atoms with van der Waals surface area (Å²) in [7, 11) is 0. The van der Waals surface area contributed by atoms with Gasteiger partial charge in [0.25, 0.3) is 0 Å². The molecule has 1 aliphatic heterocycles. The van der Waals surface area contributed by atoms with Crippen LogP contribution in [0.1, 0.15) is 43.9 Å². The first-order valence-corrected chi connectivity index (χ1v) is 11.6. The third-order valence-electron chi connectivity index (χ3n) is 6.86. The van der Waals surface area contributed by atoms with E-state index in [0.717, 1.165) is 6.07 Å². The van der Waals surface area contributed by atoms with E-state index in [1.807, 2.05) is 6.92 Å². The number of carboxylic acids is 1. The van der Waals surface area contributed by atoms with Crippen molar-refractivity contribution < 1.29 is 33.1 Å². The van der Waals surface area contributed by atoms with E-state index in [4.69, 9.17) is 4.74 Å². The molecule has 0 bridgehead atoms. The summed E-state index contributed by atoms with van der Waals surface area (Å²) < 4.78 is 34.1. The van der Waals surface area contributed by atoms with Gasteiger partial charge in [-0.3, -0.25) is 25.0 Å². The van der Waals surface area contributed by atoms with Gasteiger partial charge in [-0.2, -0.15) is 0 Å². The van der Waals surface area contributed by atoms with E-state index >= 15 is 0 Å². The molecular formula is C25H29F2N3O6. The Bertz CT molecular complexity index is 1090. The van der Waals surface area contributed by atoms with Crippen molar-refractivity contribution in [1.29, 1.82) is 0 Å². The van der Waals surface area contributed by atoms with E-state index in [-0.39, 0.29) is 11.5 Å². The lowest BCUT2D eigenvalue weighted by molar-refractivity contribution is -0.536. The van der Waals surface area contributed by atoms with Gasteiger partial charge in [0, 0.05) is 10.5 Å². The van der Waals surface area contributed by atoms with Crippen molar-refractivity contribution in [2.45, 2.75) is 57.1 Å². The Morgan fingerprint density at radius 3 is 2.56 bits per heavy atom. The molecule has 0 unspecified atom stereocenters. The summed E-state index contributed by atoms with van der Waals surface area (Å²) in [5, 5.41) is 27.8. The number of amides is 1. The first-order chi connectivity index (χ1) is 17.1. The molecule has 2 aromatic carbocycles. The summed E-state index contributed by atoms with van der Waals surface area (Å²) in [5.74, 6) is -5.00. The van der Waals surface area contributed by atoms with Gasteiger partial charge in [-0.25, -0.2) is 8.78 Å². The lowest BCUT2D eigenvalue weighted by atomic mass is 9.76. The molecule has 11 heteroatoms. The van der Waals surface area contributed by atoms with Crippen LogP contribution in [0.15, 0.2) is 48.5 Å². The molecule has 2 aromatic rings. The fourth-order valence-corrected chi connectivity index (χ4v) is 5.03. The molecule has 3 rings (SSSR count). The molecule has 0 radical (unpaired) electrons. The van der Waals surface area contributed by atoms with Crippen LogP contribution in [0.5, 0.6) is 0 Å². The summed E-state index contributed by atoms with van der Waals surface area (Å²) in [6.45, 7) is 3.19. The summed E-state index contributed by atoms with van der Waals surface area (Å²) in [6, 6.07) is 9.73. The third-order valence-corrected chi connectivity index (χ3v) is 6.86. The van der Waals surface area contributed by atoms with E-state index < -0.39 is 65.3 Å². The quantitative estimate of drug-likeness (QED) is 0.229. The van der Waals surface area contributed by atoms with Crippen molar-refractivity contribution in [1.82, 2.24) is 10.6 Å². The number of hydrogen-bond acceptors (Lipinski definition) is 6. The Hall–Kier alpha value is -3.44. The van der Waals surface area contributed by atoms with Crippen molar-refractivity contribution >= 4 is 12.4 Å². The second-order valence-electron chi connectivity index (χ2n) is 9.01. The molecule has 6 atom stereocenters. The Morgan fingerprint density at radius 2 is 1.97 bits per heavy atom. The lowest BCUT2D eigenvalue weighted by Gasteiger charge is -2.39. The highest BCUT2D eigenvalue weighted by Gasteiger charge is 2.64. The maximum absolute atomic E-state index is 14.3. The van der Waals surface area contributed by atoms with E-state index in [1.165, 1.54) is 12.1 Å². The highest BCUT2D eigenvalue weighted by Crippen LogP contribution is 2.45. The summed E-state index contributed by atoms with van der Waals surface area (Å²) in [6.07, 6.45) is -0.888. The topological polar surface area (TPSA) is 131 Å². The maximum atomic E-state index is 14.3. The Kier molecular flexibility index (Phi) is 8.70. The number of ether oxygens (including phenoxy) is 1. The number of nitrogens with zero attached hydrogens (tertiary/aromatic N) is 1. The molecule has 0 spiro atoms. The van der Waals surface area contributed by atoms with E-state index in [1.54, 1.807) is 37.3 Å². The van der Waals surface area contributed by atoms with Crippen LogP contribution >= 0.6 is 0 Å². The molecular weight excluding hydrogens is 476 g/mol. The minimum absolute atomic E-state index is 0.0845. The fourth-order valence-electron chi connectivity index (χ4n) is 5.03. The van der Waals surface area contributed by atoms with Gasteiger partial charge in [0.05, 0.1) is 25.0 Å². The van der Waals surface area contributed by atoms with E-state index in [9.17, 15) is 33.6 Å². The first-order valence-electron chi connectivity index (χ1n) is 11.6. The Morgan fingerprint density at radius 1 is 1.28 bits per heavy atom. The number of halogens is 2. The van der Waals surface area contributed by atoms with Gasteiger partial charge in [-0.15, -0.1) is 0 Å². The second-order valence-corrected chi connectivity index (χ2v) is 9.01. The van der Waals surface area contributed by atoms with Gasteiger partial charge in [0.1, 0.15) is 11.7 Å². The number of carbonyl (C=O) groups excluding carboxylic acids is 1. The van der Waals surface area contributed by atoms with E-state index in [2.05, 4.69) is 10.6 Å². The normalized spacial score (nSPS) is 25.2. The van der Waals surface area contributed by atoms with Crippen molar-refractivity contribution in [3.63, 3.8) is 0 Å². The molecule has 1 aliphatic rings. The average Bonchev–Trinajstić information content (AvgIpc) is 3.16. The number of aliphatic carboxylic acids is 1. The van der Waals surface area contributed by atoms with Crippen molar-refractivity contribution in [2.75, 3.05) is 0 Å². The fraction of sp³-hybridized carbons (Fsp3) is 0.440. The number of carbonyl (C=O) groups is 2. The largest absolute Gasteiger partial charge is 0.481 e. The zero-order chi connectivity index (χ0) is 26.5. The number of benzene rings is 2. The molecule has 194 valence electrons. The average molecular weight is 506 g/mol. The van der Waals surface area contributed by atoms with Crippen LogP contribution in [0.2, 0.25) is 0 Å². The van der Waals surface area contributed by atoms with Gasteiger partial charge >= 0.3 is 5.97 Å². The standard InChI is InChI=1S/C25H29F2N3O6/c1-3-15(2)24(36-13-17-10-7-11-18(26)21(17)27)20-23(30(34)35)22(16-8-5-4-6-9-16)29-25(20,28-14-31)12-19(32)33/h4-11,14-15,20,22-24,29H,3,12-13H2,1-2H3,(H,28,31)(H,32,33)/t15-,20-,22-,23-,24-,25+/m0/s1. The summed E-state index contributed by atoms with van der Waals surface area (Å²) in [4.78, 5) is 35.6. The van der Waals surface area contributed by atoms with Crippen LogP contribution in [0.4, 0.5) is 8.78 Å². The zero-order valence-electron chi connectivity index (χ0n) is 19.9. The highest BCUT2D eigenvalue weighted by atomic mass is 19.2. The van der Waals surface area contributed by atoms with Crippen molar-refractivity contribution in [3.05, 3.63) is 81.4 Å². The van der Waals surface area contributed by atoms with E-state index in [0.29, 0.717) is 18.4 Å². The third kappa shape index (κ3) is 5.52. The predicted molar refractivity (Wildman–Crippen MR) is 125 cm³/mol. The van der Waals surface area contributed by atoms with Crippen LogP contribution in [-0.4, -0.2) is 40.2 Å².